The van der Waals surface area contributed by atoms with Crippen LogP contribution in [0.1, 0.15) is 0 Å². The van der Waals surface area contributed by atoms with Crippen LogP contribution in [0.4, 0.5) is 0 Å². The molecule has 1 atom stereocenters. The van der Waals surface area contributed by atoms with Gasteiger partial charge in [0.05, 0.1) is 0 Å². The highest BCUT2D eigenvalue weighted by atomic mass is 35.7. The van der Waals surface area contributed by atoms with E-state index in [2.05, 4.69) is 0 Å². The van der Waals surface area contributed by atoms with E-state index in [0.717, 1.165) is 5.75 Å². The fourth-order valence-electron chi connectivity index (χ4n) is 0.581. The van der Waals surface area contributed by atoms with Crippen molar-refractivity contribution in [3.05, 3.63) is 30.3 Å². The highest BCUT2D eigenvalue weighted by Gasteiger charge is 1.89. The maximum Gasteiger partial charge on any atom is 0.187 e. The lowest BCUT2D eigenvalue weighted by atomic mass is 10.3. The zero-order valence-corrected chi connectivity index (χ0v) is 7.65. The van der Waals surface area contributed by atoms with Gasteiger partial charge in [0.25, 0.3) is 0 Å². The zero-order valence-electron chi connectivity index (χ0n) is 5.08. The Labute approximate surface area is 70.3 Å². The van der Waals surface area contributed by atoms with Crippen molar-refractivity contribution >= 4 is 29.3 Å². The highest BCUT2D eigenvalue weighted by molar-refractivity contribution is 8.15. The molecule has 0 amide bonds. The van der Waals surface area contributed by atoms with Crippen LogP contribution < -0.4 is 4.52 Å². The van der Waals surface area contributed by atoms with E-state index in [1.807, 2.05) is 30.3 Å². The van der Waals surface area contributed by atoms with E-state index in [9.17, 15) is 0 Å². The van der Waals surface area contributed by atoms with Gasteiger partial charge in [-0.05, 0) is 35.2 Å². The number of benzene rings is 1. The van der Waals surface area contributed by atoms with Gasteiger partial charge in [-0.3, -0.25) is 0 Å². The topological polar surface area (TPSA) is 9.23 Å². The molecule has 0 aliphatic carbocycles. The SMILES string of the molecule is S=[PH](Cl)Oc1ccccc1. The van der Waals surface area contributed by atoms with E-state index < -0.39 is 6.28 Å². The Balaban J connectivity index is 2.67. The molecule has 1 rings (SSSR count). The Hall–Kier alpha value is -0.0400. The summed E-state index contributed by atoms with van der Waals surface area (Å²) in [4.78, 5) is 0. The molecular weight excluding hydrogens is 187 g/mol. The predicted molar refractivity (Wildman–Crippen MR) is 48.6 cm³/mol. The molecule has 0 aromatic heterocycles. The molecule has 0 spiro atoms. The van der Waals surface area contributed by atoms with Crippen molar-refractivity contribution in [2.24, 2.45) is 0 Å². The van der Waals surface area contributed by atoms with Crippen LogP contribution in [0.2, 0.25) is 0 Å². The maximum absolute atomic E-state index is 5.51. The summed E-state index contributed by atoms with van der Waals surface area (Å²) in [7, 11) is 0. The first kappa shape index (κ1) is 8.06. The molecule has 1 aromatic rings. The van der Waals surface area contributed by atoms with Crippen LogP contribution in [0, 0.1) is 0 Å². The van der Waals surface area contributed by atoms with Crippen LogP contribution >= 0.6 is 17.5 Å². The van der Waals surface area contributed by atoms with Crippen LogP contribution in [-0.2, 0) is 11.8 Å². The Morgan fingerprint density at radius 3 is 2.40 bits per heavy atom. The number of halogens is 1. The van der Waals surface area contributed by atoms with Gasteiger partial charge >= 0.3 is 0 Å². The smallest absolute Gasteiger partial charge is 0.187 e. The summed E-state index contributed by atoms with van der Waals surface area (Å²) in [6.45, 7) is 0. The minimum absolute atomic E-state index is 0.751. The van der Waals surface area contributed by atoms with E-state index in [1.165, 1.54) is 0 Å². The van der Waals surface area contributed by atoms with Crippen molar-refractivity contribution in [3.63, 3.8) is 0 Å². The largest absolute Gasteiger partial charge is 0.455 e. The molecule has 0 bridgehead atoms. The van der Waals surface area contributed by atoms with E-state index >= 15 is 0 Å². The minimum atomic E-state index is -1.53. The Morgan fingerprint density at radius 1 is 1.30 bits per heavy atom. The third kappa shape index (κ3) is 2.70. The molecule has 0 fully saturated rings. The van der Waals surface area contributed by atoms with Crippen molar-refractivity contribution in [1.29, 1.82) is 0 Å². The summed E-state index contributed by atoms with van der Waals surface area (Å²) in [6, 6.07) is 9.34. The Kier molecular flexibility index (Phi) is 3.20. The number of hydrogen-bond donors (Lipinski definition) is 0. The fourth-order valence-corrected chi connectivity index (χ4v) is 1.46. The van der Waals surface area contributed by atoms with Crippen LogP contribution in [0.15, 0.2) is 30.3 Å². The van der Waals surface area contributed by atoms with Crippen LogP contribution in [0.5, 0.6) is 5.75 Å². The quantitative estimate of drug-likeness (QED) is 0.667. The molecule has 0 saturated heterocycles. The molecule has 4 heteroatoms. The fraction of sp³-hybridized carbons (Fsp3) is 0. The van der Waals surface area contributed by atoms with Gasteiger partial charge in [0, 0.05) is 0 Å². The second-order valence-corrected chi connectivity index (χ2v) is 5.15. The lowest BCUT2D eigenvalue weighted by Gasteiger charge is -2.00. The number of hydrogen-bond acceptors (Lipinski definition) is 2. The average molecular weight is 193 g/mol. The highest BCUT2D eigenvalue weighted by Crippen LogP contribution is 2.30. The van der Waals surface area contributed by atoms with Crippen LogP contribution in [0.25, 0.3) is 0 Å². The van der Waals surface area contributed by atoms with Gasteiger partial charge in [0.2, 0.25) is 0 Å². The van der Waals surface area contributed by atoms with Gasteiger partial charge in [-0.1, -0.05) is 18.2 Å². The molecule has 1 nitrogen and oxygen atoms in total. The first-order chi connectivity index (χ1) is 4.79. The average Bonchev–Trinajstić information content (AvgIpc) is 1.88. The van der Waals surface area contributed by atoms with Gasteiger partial charge in [-0.25, -0.2) is 0 Å². The monoisotopic (exact) mass is 192 g/mol. The molecule has 54 valence electrons. The molecular formula is C6H6ClOPS. The second kappa shape index (κ2) is 3.97. The van der Waals surface area contributed by atoms with E-state index in [-0.39, 0.29) is 0 Å². The molecule has 0 N–H and O–H groups in total. The second-order valence-electron chi connectivity index (χ2n) is 1.65. The number of para-hydroxylation sites is 1. The standard InChI is InChI=1S/C6H6ClOPS/c7-9(10)8-6-4-2-1-3-5-6/h1-5,9H. The lowest BCUT2D eigenvalue weighted by Crippen LogP contribution is -1.73. The molecule has 1 unspecified atom stereocenters. The van der Waals surface area contributed by atoms with Gasteiger partial charge in [0.15, 0.2) is 6.28 Å². The molecule has 10 heavy (non-hydrogen) atoms. The Morgan fingerprint density at radius 2 is 1.90 bits per heavy atom. The predicted octanol–water partition coefficient (Wildman–Crippen LogP) is 2.81. The van der Waals surface area contributed by atoms with Crippen LogP contribution in [0.3, 0.4) is 0 Å². The van der Waals surface area contributed by atoms with Gasteiger partial charge in [-0.2, -0.15) is 0 Å². The van der Waals surface area contributed by atoms with E-state index in [1.54, 1.807) is 0 Å². The summed E-state index contributed by atoms with van der Waals surface area (Å²) in [6.07, 6.45) is -1.53. The number of rotatable bonds is 2. The molecule has 0 heterocycles. The molecule has 0 aliphatic rings. The maximum atomic E-state index is 5.51. The summed E-state index contributed by atoms with van der Waals surface area (Å²) >= 11 is 10.2. The molecule has 1 aromatic carbocycles. The van der Waals surface area contributed by atoms with Crippen molar-refractivity contribution in [2.45, 2.75) is 0 Å². The van der Waals surface area contributed by atoms with Crippen molar-refractivity contribution in [2.75, 3.05) is 0 Å². The van der Waals surface area contributed by atoms with Crippen molar-refractivity contribution in [3.8, 4) is 5.75 Å². The summed E-state index contributed by atoms with van der Waals surface area (Å²) in [5.74, 6) is 0.751. The van der Waals surface area contributed by atoms with Gasteiger partial charge in [0.1, 0.15) is 5.75 Å². The van der Waals surface area contributed by atoms with E-state index in [4.69, 9.17) is 27.6 Å². The minimum Gasteiger partial charge on any atom is -0.455 e. The first-order valence-electron chi connectivity index (χ1n) is 2.71. The van der Waals surface area contributed by atoms with Crippen molar-refractivity contribution in [1.82, 2.24) is 0 Å². The van der Waals surface area contributed by atoms with E-state index in [0.29, 0.717) is 0 Å². The summed E-state index contributed by atoms with van der Waals surface area (Å²) in [5.41, 5.74) is 0. The van der Waals surface area contributed by atoms with Crippen LogP contribution in [-0.4, -0.2) is 0 Å². The molecule has 0 aliphatic heterocycles. The zero-order chi connectivity index (χ0) is 7.40. The van der Waals surface area contributed by atoms with Gasteiger partial charge in [-0.15, -0.1) is 0 Å². The summed E-state index contributed by atoms with van der Waals surface area (Å²) in [5, 5.41) is 0. The van der Waals surface area contributed by atoms with Crippen molar-refractivity contribution < 1.29 is 4.52 Å². The molecule has 0 saturated carbocycles. The first-order valence-corrected chi connectivity index (χ1v) is 6.27. The third-order valence-corrected chi connectivity index (χ3v) is 1.82. The third-order valence-electron chi connectivity index (χ3n) is 0.941. The van der Waals surface area contributed by atoms with Gasteiger partial charge < -0.3 is 4.52 Å². The molecule has 0 radical (unpaired) electrons. The summed E-state index contributed by atoms with van der Waals surface area (Å²) < 4.78 is 5.10. The normalized spacial score (nSPS) is 12.5. The Bertz CT molecular complexity index is 226. The lowest BCUT2D eigenvalue weighted by molar-refractivity contribution is 0.640.